The van der Waals surface area contributed by atoms with Crippen LogP contribution in [0.1, 0.15) is 5.56 Å². The first-order valence-corrected chi connectivity index (χ1v) is 6.99. The first-order valence-electron chi connectivity index (χ1n) is 6.99. The highest BCUT2D eigenvalue weighted by molar-refractivity contribution is 5.81. The van der Waals surface area contributed by atoms with Crippen molar-refractivity contribution >= 4 is 16.7 Å². The molecule has 0 amide bonds. The molecule has 0 saturated carbocycles. The third kappa shape index (κ3) is 2.29. The average Bonchev–Trinajstić information content (AvgIpc) is 2.96. The molecule has 21 heavy (non-hydrogen) atoms. The smallest absolute Gasteiger partial charge is 0.163 e. The van der Waals surface area contributed by atoms with Crippen molar-refractivity contribution in [1.29, 1.82) is 0 Å². The van der Waals surface area contributed by atoms with Crippen LogP contribution >= 0.6 is 0 Å². The van der Waals surface area contributed by atoms with Gasteiger partial charge in [0.1, 0.15) is 18.8 Å². The SMILES string of the molecule is c1ccc2c(CNc3ccc4c(c3)OCCO4)coc2c1. The second kappa shape index (κ2) is 5.05. The molecule has 0 fully saturated rings. The lowest BCUT2D eigenvalue weighted by Crippen LogP contribution is -2.15. The fourth-order valence-corrected chi connectivity index (χ4v) is 2.52. The lowest BCUT2D eigenvalue weighted by atomic mass is 10.1. The Balaban J connectivity index is 1.54. The summed E-state index contributed by atoms with van der Waals surface area (Å²) in [6, 6.07) is 13.9. The third-order valence-corrected chi connectivity index (χ3v) is 3.59. The number of para-hydroxylation sites is 1. The summed E-state index contributed by atoms with van der Waals surface area (Å²) >= 11 is 0. The van der Waals surface area contributed by atoms with Crippen molar-refractivity contribution in [3.63, 3.8) is 0 Å². The van der Waals surface area contributed by atoms with E-state index in [0.29, 0.717) is 19.8 Å². The Labute approximate surface area is 122 Å². The number of furan rings is 1. The molecule has 0 atom stereocenters. The molecule has 1 aromatic heterocycles. The van der Waals surface area contributed by atoms with Crippen LogP contribution in [0, 0.1) is 0 Å². The van der Waals surface area contributed by atoms with Gasteiger partial charge in [-0.05, 0) is 18.2 Å². The molecule has 3 aromatic rings. The molecule has 4 nitrogen and oxygen atoms in total. The van der Waals surface area contributed by atoms with Gasteiger partial charge in [-0.15, -0.1) is 0 Å². The molecule has 1 aliphatic heterocycles. The van der Waals surface area contributed by atoms with Crippen molar-refractivity contribution in [1.82, 2.24) is 0 Å². The van der Waals surface area contributed by atoms with Crippen LogP contribution in [0.25, 0.3) is 11.0 Å². The summed E-state index contributed by atoms with van der Waals surface area (Å²) in [5.41, 5.74) is 3.06. The lowest BCUT2D eigenvalue weighted by Gasteiger charge is -2.19. The quantitative estimate of drug-likeness (QED) is 0.792. The number of anilines is 1. The largest absolute Gasteiger partial charge is 0.486 e. The van der Waals surface area contributed by atoms with E-state index in [2.05, 4.69) is 11.4 Å². The maximum absolute atomic E-state index is 5.59. The highest BCUT2D eigenvalue weighted by Crippen LogP contribution is 2.33. The molecule has 0 saturated heterocycles. The zero-order valence-corrected chi connectivity index (χ0v) is 11.5. The highest BCUT2D eigenvalue weighted by Gasteiger charge is 2.12. The molecule has 2 aromatic carbocycles. The number of rotatable bonds is 3. The van der Waals surface area contributed by atoms with Gasteiger partial charge in [0.05, 0.1) is 6.26 Å². The Kier molecular flexibility index (Phi) is 2.92. The van der Waals surface area contributed by atoms with Crippen molar-refractivity contribution in [2.24, 2.45) is 0 Å². The van der Waals surface area contributed by atoms with E-state index in [0.717, 1.165) is 33.7 Å². The van der Waals surface area contributed by atoms with Crippen LogP contribution in [0.2, 0.25) is 0 Å². The first kappa shape index (κ1) is 12.1. The molecule has 106 valence electrons. The van der Waals surface area contributed by atoms with E-state index in [9.17, 15) is 0 Å². The van der Waals surface area contributed by atoms with Gasteiger partial charge in [-0.25, -0.2) is 0 Å². The van der Waals surface area contributed by atoms with Gasteiger partial charge in [0.15, 0.2) is 11.5 Å². The molecule has 0 aliphatic carbocycles. The maximum atomic E-state index is 5.59. The molecular weight excluding hydrogens is 266 g/mol. The summed E-state index contributed by atoms with van der Waals surface area (Å²) in [7, 11) is 0. The first-order chi connectivity index (χ1) is 10.4. The Morgan fingerprint density at radius 2 is 1.81 bits per heavy atom. The number of hydrogen-bond acceptors (Lipinski definition) is 4. The standard InChI is InChI=1S/C17H15NO3/c1-2-4-15-14(3-1)12(11-21-15)10-18-13-5-6-16-17(9-13)20-8-7-19-16/h1-6,9,11,18H,7-8,10H2. The third-order valence-electron chi connectivity index (χ3n) is 3.59. The van der Waals surface area contributed by atoms with Crippen LogP contribution in [-0.2, 0) is 6.54 Å². The molecular formula is C17H15NO3. The zero-order chi connectivity index (χ0) is 14.1. The lowest BCUT2D eigenvalue weighted by molar-refractivity contribution is 0.171. The Hall–Kier alpha value is -2.62. The van der Waals surface area contributed by atoms with Gasteiger partial charge < -0.3 is 19.2 Å². The predicted molar refractivity (Wildman–Crippen MR) is 81.0 cm³/mol. The van der Waals surface area contributed by atoms with Crippen molar-refractivity contribution in [2.45, 2.75) is 6.54 Å². The molecule has 2 heterocycles. The minimum Gasteiger partial charge on any atom is -0.486 e. The number of ether oxygens (including phenoxy) is 2. The van der Waals surface area contributed by atoms with Gasteiger partial charge in [0.25, 0.3) is 0 Å². The molecule has 0 unspecified atom stereocenters. The summed E-state index contributed by atoms with van der Waals surface area (Å²) < 4.78 is 16.6. The molecule has 0 spiro atoms. The summed E-state index contributed by atoms with van der Waals surface area (Å²) in [4.78, 5) is 0. The van der Waals surface area contributed by atoms with Crippen LogP contribution in [0.3, 0.4) is 0 Å². The van der Waals surface area contributed by atoms with E-state index in [1.807, 2.05) is 36.4 Å². The average molecular weight is 281 g/mol. The summed E-state index contributed by atoms with van der Waals surface area (Å²) in [6.45, 7) is 1.92. The second-order valence-electron chi connectivity index (χ2n) is 4.97. The fourth-order valence-electron chi connectivity index (χ4n) is 2.52. The van der Waals surface area contributed by atoms with E-state index in [1.54, 1.807) is 6.26 Å². The summed E-state index contributed by atoms with van der Waals surface area (Å²) in [6.07, 6.45) is 1.80. The van der Waals surface area contributed by atoms with Crippen molar-refractivity contribution in [3.8, 4) is 11.5 Å². The Morgan fingerprint density at radius 3 is 2.76 bits per heavy atom. The molecule has 4 heteroatoms. The normalized spacial score (nSPS) is 13.3. The summed E-state index contributed by atoms with van der Waals surface area (Å²) in [5, 5.41) is 4.54. The van der Waals surface area contributed by atoms with E-state index in [1.165, 1.54) is 0 Å². The fraction of sp³-hybridized carbons (Fsp3) is 0.176. The summed E-state index contributed by atoms with van der Waals surface area (Å²) in [5.74, 6) is 1.60. The van der Waals surface area contributed by atoms with Crippen LogP contribution in [0.15, 0.2) is 53.1 Å². The maximum Gasteiger partial charge on any atom is 0.163 e. The monoisotopic (exact) mass is 281 g/mol. The molecule has 0 bridgehead atoms. The topological polar surface area (TPSA) is 43.6 Å². The van der Waals surface area contributed by atoms with Crippen LogP contribution in [-0.4, -0.2) is 13.2 Å². The van der Waals surface area contributed by atoms with Crippen molar-refractivity contribution in [2.75, 3.05) is 18.5 Å². The van der Waals surface area contributed by atoms with Crippen molar-refractivity contribution < 1.29 is 13.9 Å². The molecule has 1 N–H and O–H groups in total. The van der Waals surface area contributed by atoms with E-state index < -0.39 is 0 Å². The van der Waals surface area contributed by atoms with Gasteiger partial charge in [-0.3, -0.25) is 0 Å². The molecule has 1 aliphatic rings. The molecule has 0 radical (unpaired) electrons. The second-order valence-corrected chi connectivity index (χ2v) is 4.97. The number of nitrogens with one attached hydrogen (secondary N) is 1. The van der Waals surface area contributed by atoms with E-state index >= 15 is 0 Å². The predicted octanol–water partition coefficient (Wildman–Crippen LogP) is 3.82. The van der Waals surface area contributed by atoms with Gasteiger partial charge in [-0.1, -0.05) is 18.2 Å². The molecule has 4 rings (SSSR count). The van der Waals surface area contributed by atoms with Crippen LogP contribution in [0.5, 0.6) is 11.5 Å². The van der Waals surface area contributed by atoms with Gasteiger partial charge in [0.2, 0.25) is 0 Å². The number of benzene rings is 2. The Bertz CT molecular complexity index is 779. The van der Waals surface area contributed by atoms with E-state index in [-0.39, 0.29) is 0 Å². The highest BCUT2D eigenvalue weighted by atomic mass is 16.6. The van der Waals surface area contributed by atoms with Crippen LogP contribution in [0.4, 0.5) is 5.69 Å². The van der Waals surface area contributed by atoms with Gasteiger partial charge in [0, 0.05) is 29.2 Å². The van der Waals surface area contributed by atoms with Crippen molar-refractivity contribution in [3.05, 3.63) is 54.3 Å². The van der Waals surface area contributed by atoms with Gasteiger partial charge >= 0.3 is 0 Å². The number of fused-ring (bicyclic) bond motifs is 2. The minimum atomic E-state index is 0.600. The number of hydrogen-bond donors (Lipinski definition) is 1. The van der Waals surface area contributed by atoms with E-state index in [4.69, 9.17) is 13.9 Å². The Morgan fingerprint density at radius 1 is 0.952 bits per heavy atom. The van der Waals surface area contributed by atoms with Gasteiger partial charge in [-0.2, -0.15) is 0 Å². The van der Waals surface area contributed by atoms with Crippen LogP contribution < -0.4 is 14.8 Å². The zero-order valence-electron chi connectivity index (χ0n) is 11.5. The minimum absolute atomic E-state index is 0.600.